The second-order valence-corrected chi connectivity index (χ2v) is 17.2. The average molecular weight is 825 g/mol. The number of hydrogen-bond donors (Lipinski definition) is 0. The first kappa shape index (κ1) is 37.1. The van der Waals surface area contributed by atoms with Crippen LogP contribution in [0.4, 0.5) is 0 Å². The van der Waals surface area contributed by atoms with E-state index in [-0.39, 0.29) is 0 Å². The van der Waals surface area contributed by atoms with Crippen molar-refractivity contribution in [1.29, 1.82) is 0 Å². The van der Waals surface area contributed by atoms with Crippen LogP contribution < -0.4 is 0 Å². The Morgan fingerprint density at radius 2 is 0.846 bits per heavy atom. The van der Waals surface area contributed by atoms with Crippen LogP contribution >= 0.6 is 0 Å². The minimum absolute atomic E-state index is 0.470. The quantitative estimate of drug-likeness (QED) is 0.123. The molecule has 1 heterocycles. The highest BCUT2D eigenvalue weighted by molar-refractivity contribution is 6.23. The number of rotatable bonds is 6. The highest BCUT2D eigenvalue weighted by Gasteiger charge is 2.46. The normalized spacial score (nSPS) is 12.7. The largest absolute Gasteiger partial charge is 0.228 e. The van der Waals surface area contributed by atoms with Gasteiger partial charge in [0, 0.05) is 16.7 Å². The molecule has 0 atom stereocenters. The first-order valence-electron chi connectivity index (χ1n) is 22.4. The van der Waals surface area contributed by atoms with Crippen molar-refractivity contribution in [2.45, 2.75) is 5.41 Å². The SMILES string of the molecule is c1ccc(-c2nc(-c3ccc4c(c3)-c3ccccc3C4(c3ccccc3)c3ccccc3)cc(-c3ccc(-c4c5ccccc5cc5c4ccc4ccccc45)c4ccccc34)n2)cc1. The zero-order chi connectivity index (χ0) is 42.9. The molecule has 1 aromatic heterocycles. The molecule has 302 valence electrons. The van der Waals surface area contributed by atoms with Crippen LogP contribution in [-0.2, 0) is 5.41 Å². The van der Waals surface area contributed by atoms with Gasteiger partial charge in [0.2, 0.25) is 0 Å². The summed E-state index contributed by atoms with van der Waals surface area (Å²) in [5.74, 6) is 0.696. The molecular formula is C63H40N2. The molecule has 0 bridgehead atoms. The van der Waals surface area contributed by atoms with Crippen LogP contribution in [0.25, 0.3) is 99.2 Å². The smallest absolute Gasteiger partial charge is 0.160 e. The lowest BCUT2D eigenvalue weighted by Crippen LogP contribution is -2.28. The maximum atomic E-state index is 5.39. The molecule has 13 rings (SSSR count). The Kier molecular flexibility index (Phi) is 8.47. The van der Waals surface area contributed by atoms with Crippen molar-refractivity contribution in [3.8, 4) is 56.2 Å². The van der Waals surface area contributed by atoms with E-state index in [0.717, 1.165) is 33.5 Å². The summed E-state index contributed by atoms with van der Waals surface area (Å²) in [6.07, 6.45) is 0. The minimum Gasteiger partial charge on any atom is -0.228 e. The molecule has 0 radical (unpaired) electrons. The summed E-state index contributed by atoms with van der Waals surface area (Å²) in [4.78, 5) is 10.7. The van der Waals surface area contributed by atoms with Gasteiger partial charge in [0.05, 0.1) is 16.8 Å². The molecule has 0 fully saturated rings. The Balaban J connectivity index is 1.03. The zero-order valence-electron chi connectivity index (χ0n) is 35.5. The third-order valence-electron chi connectivity index (χ3n) is 13.8. The maximum absolute atomic E-state index is 5.39. The van der Waals surface area contributed by atoms with Gasteiger partial charge in [-0.3, -0.25) is 0 Å². The highest BCUT2D eigenvalue weighted by Crippen LogP contribution is 2.56. The van der Waals surface area contributed by atoms with Gasteiger partial charge in [-0.05, 0) is 106 Å². The van der Waals surface area contributed by atoms with Crippen molar-refractivity contribution in [2.24, 2.45) is 0 Å². The van der Waals surface area contributed by atoms with E-state index in [9.17, 15) is 0 Å². The van der Waals surface area contributed by atoms with Crippen LogP contribution in [0.1, 0.15) is 22.3 Å². The molecule has 0 spiro atoms. The van der Waals surface area contributed by atoms with Gasteiger partial charge in [-0.25, -0.2) is 9.97 Å². The Morgan fingerprint density at radius 1 is 0.277 bits per heavy atom. The molecule has 0 unspecified atom stereocenters. The molecule has 2 nitrogen and oxygen atoms in total. The van der Waals surface area contributed by atoms with Crippen molar-refractivity contribution in [3.63, 3.8) is 0 Å². The molecular weight excluding hydrogens is 785 g/mol. The van der Waals surface area contributed by atoms with Gasteiger partial charge in [0.25, 0.3) is 0 Å². The van der Waals surface area contributed by atoms with E-state index in [0.29, 0.717) is 5.82 Å². The van der Waals surface area contributed by atoms with Crippen molar-refractivity contribution >= 4 is 43.1 Å². The number of hydrogen-bond acceptors (Lipinski definition) is 2. The Morgan fingerprint density at radius 3 is 1.60 bits per heavy atom. The van der Waals surface area contributed by atoms with Gasteiger partial charge in [-0.2, -0.15) is 0 Å². The van der Waals surface area contributed by atoms with Crippen molar-refractivity contribution < 1.29 is 0 Å². The van der Waals surface area contributed by atoms with Gasteiger partial charge in [0.1, 0.15) is 0 Å². The second kappa shape index (κ2) is 14.8. The number of nitrogens with zero attached hydrogens (tertiary/aromatic N) is 2. The van der Waals surface area contributed by atoms with Gasteiger partial charge in [0.15, 0.2) is 5.82 Å². The monoisotopic (exact) mass is 824 g/mol. The van der Waals surface area contributed by atoms with Gasteiger partial charge in [-0.15, -0.1) is 0 Å². The topological polar surface area (TPSA) is 25.8 Å². The summed E-state index contributed by atoms with van der Waals surface area (Å²) in [7, 11) is 0. The Labute approximate surface area is 377 Å². The van der Waals surface area contributed by atoms with Gasteiger partial charge >= 0.3 is 0 Å². The van der Waals surface area contributed by atoms with E-state index in [1.54, 1.807) is 0 Å². The fourth-order valence-corrected chi connectivity index (χ4v) is 10.9. The lowest BCUT2D eigenvalue weighted by atomic mass is 9.67. The lowest BCUT2D eigenvalue weighted by Gasteiger charge is -2.33. The highest BCUT2D eigenvalue weighted by atomic mass is 14.9. The molecule has 0 N–H and O–H groups in total. The molecule has 0 amide bonds. The van der Waals surface area contributed by atoms with Crippen molar-refractivity contribution in [2.75, 3.05) is 0 Å². The van der Waals surface area contributed by atoms with Crippen LogP contribution in [0, 0.1) is 0 Å². The molecule has 1 aliphatic carbocycles. The predicted molar refractivity (Wildman–Crippen MR) is 271 cm³/mol. The lowest BCUT2D eigenvalue weighted by molar-refractivity contribution is 0.768. The van der Waals surface area contributed by atoms with Crippen molar-refractivity contribution in [1.82, 2.24) is 9.97 Å². The Bertz CT molecular complexity index is 3780. The summed E-state index contributed by atoms with van der Waals surface area (Å²) in [6, 6.07) is 88.3. The van der Waals surface area contributed by atoms with E-state index >= 15 is 0 Å². The molecule has 11 aromatic carbocycles. The fraction of sp³-hybridized carbons (Fsp3) is 0.0159. The van der Waals surface area contributed by atoms with Crippen LogP contribution in [0.3, 0.4) is 0 Å². The molecule has 1 aliphatic rings. The summed E-state index contributed by atoms with van der Waals surface area (Å²) in [5.41, 5.74) is 14.4. The zero-order valence-corrected chi connectivity index (χ0v) is 35.5. The van der Waals surface area contributed by atoms with Crippen LogP contribution in [0.2, 0.25) is 0 Å². The first-order chi connectivity index (χ1) is 32.2. The number of benzene rings is 11. The second-order valence-electron chi connectivity index (χ2n) is 17.2. The van der Waals surface area contributed by atoms with Crippen LogP contribution in [-0.4, -0.2) is 9.97 Å². The predicted octanol–water partition coefficient (Wildman–Crippen LogP) is 16.1. The molecule has 0 saturated heterocycles. The maximum Gasteiger partial charge on any atom is 0.160 e. The van der Waals surface area contributed by atoms with E-state index in [1.807, 2.05) is 6.07 Å². The van der Waals surface area contributed by atoms with Gasteiger partial charge < -0.3 is 0 Å². The van der Waals surface area contributed by atoms with Crippen molar-refractivity contribution in [3.05, 3.63) is 265 Å². The first-order valence-corrected chi connectivity index (χ1v) is 22.4. The average Bonchev–Trinajstić information content (AvgIpc) is 3.69. The summed E-state index contributed by atoms with van der Waals surface area (Å²) in [6.45, 7) is 0. The fourth-order valence-electron chi connectivity index (χ4n) is 10.9. The summed E-state index contributed by atoms with van der Waals surface area (Å²) >= 11 is 0. The number of aromatic nitrogens is 2. The van der Waals surface area contributed by atoms with E-state index in [4.69, 9.17) is 9.97 Å². The molecule has 2 heteroatoms. The summed E-state index contributed by atoms with van der Waals surface area (Å²) < 4.78 is 0. The molecule has 12 aromatic rings. The third kappa shape index (κ3) is 5.74. The van der Waals surface area contributed by atoms with Crippen LogP contribution in [0.5, 0.6) is 0 Å². The van der Waals surface area contributed by atoms with Gasteiger partial charge in [-0.1, -0.05) is 224 Å². The molecule has 65 heavy (non-hydrogen) atoms. The van der Waals surface area contributed by atoms with Crippen LogP contribution in [0.15, 0.2) is 243 Å². The summed E-state index contributed by atoms with van der Waals surface area (Å²) in [5, 5.41) is 9.82. The minimum atomic E-state index is -0.470. The molecule has 0 aliphatic heterocycles. The Hall–Kier alpha value is -8.46. The standard InChI is InChI=1S/C63H40N2/c1-4-19-42(20-5-1)62-64-59(44-33-37-58-56(39-44)51-30-16-17-31-57(51)63(58,45-22-6-2-7-23-45)46-24-8-3-9-25-46)40-60(65-62)52-35-36-53(50-29-15-14-28-49(50)52)61-48-27-13-11-21-43(48)38-55-47-26-12-10-18-41(47)32-34-54(55)61/h1-40H. The van der Waals surface area contributed by atoms with E-state index in [1.165, 1.54) is 82.2 Å². The number of fused-ring (bicyclic) bond motifs is 8. The van der Waals surface area contributed by atoms with E-state index in [2.05, 4.69) is 237 Å². The molecule has 0 saturated carbocycles. The van der Waals surface area contributed by atoms with E-state index < -0.39 is 5.41 Å². The third-order valence-corrected chi connectivity index (χ3v) is 13.8.